The highest BCUT2D eigenvalue weighted by atomic mass is 32.1. The molecule has 8 fully saturated rings. The second kappa shape index (κ2) is 40.4. The number of aliphatic hydroxyl groups is 1. The average molecular weight is 1990 g/mol. The Labute approximate surface area is 834 Å². The number of nitrogens with zero attached hydrogens (tertiary/aromatic N) is 12. The summed E-state index contributed by atoms with van der Waals surface area (Å²) in [7, 11) is 0. The van der Waals surface area contributed by atoms with Crippen LogP contribution >= 0.6 is 48.9 Å². The van der Waals surface area contributed by atoms with E-state index >= 15 is 4.39 Å². The summed E-state index contributed by atoms with van der Waals surface area (Å²) in [4.78, 5) is 102. The molecule has 4 heterocycles. The van der Waals surface area contributed by atoms with Crippen LogP contribution in [0.2, 0.25) is 0 Å². The first kappa shape index (κ1) is 107. The molecule has 8 aromatic carbocycles. The molecule has 8 aliphatic rings. The van der Waals surface area contributed by atoms with Gasteiger partial charge in [-0.05, 0) is 344 Å². The number of carbonyl (C=O) groups is 6. The van der Waals surface area contributed by atoms with Gasteiger partial charge in [0, 0.05) is 69.8 Å². The van der Waals surface area contributed by atoms with Crippen LogP contribution in [0, 0.1) is 77.3 Å². The summed E-state index contributed by atoms with van der Waals surface area (Å²) >= 11 is 22.5. The van der Waals surface area contributed by atoms with E-state index in [9.17, 15) is 47.0 Å². The van der Waals surface area contributed by atoms with Crippen LogP contribution in [0.5, 0.6) is 23.0 Å². The predicted octanol–water partition coefficient (Wildman–Crippen LogP) is 21.0. The molecule has 736 valence electrons. The van der Waals surface area contributed by atoms with Crippen LogP contribution in [0.1, 0.15) is 178 Å². The number of halogens is 4. The molecule has 0 unspecified atom stereocenters. The van der Waals surface area contributed by atoms with Gasteiger partial charge in [0.1, 0.15) is 53.2 Å². The Kier molecular flexibility index (Phi) is 30.8. The van der Waals surface area contributed by atoms with Gasteiger partial charge in [-0.2, -0.15) is 0 Å². The number of benzene rings is 8. The highest BCUT2D eigenvalue weighted by Crippen LogP contribution is 2.47. The van der Waals surface area contributed by atoms with Gasteiger partial charge >= 0.3 is 12.2 Å². The first-order valence-corrected chi connectivity index (χ1v) is 46.1. The van der Waals surface area contributed by atoms with E-state index in [4.69, 9.17) is 115 Å². The molecule has 4 saturated carbocycles. The highest BCUT2D eigenvalue weighted by Gasteiger charge is 2.56. The van der Waals surface area contributed by atoms with Crippen molar-refractivity contribution in [2.24, 2.45) is 11.5 Å². The number of aromatic hydroxyl groups is 1. The van der Waals surface area contributed by atoms with Crippen molar-refractivity contribution in [1.29, 1.82) is 0 Å². The zero-order valence-electron chi connectivity index (χ0n) is 80.4. The van der Waals surface area contributed by atoms with Crippen molar-refractivity contribution in [2.45, 2.75) is 239 Å². The van der Waals surface area contributed by atoms with Gasteiger partial charge in [-0.1, -0.05) is 31.7 Å². The maximum absolute atomic E-state index is 15.2. The molecule has 0 aromatic heterocycles. The fourth-order valence-corrected chi connectivity index (χ4v) is 17.6. The molecule has 16 rings (SSSR count). The van der Waals surface area contributed by atoms with Crippen molar-refractivity contribution >= 4 is 173 Å². The fourth-order valence-electron chi connectivity index (χ4n) is 15.6. The molecular weight excluding hydrogens is 1870 g/mol. The summed E-state index contributed by atoms with van der Waals surface area (Å²) in [5, 5.41) is 24.8. The minimum Gasteiger partial charge on any atom is -0.505 e. The Morgan fingerprint density at radius 2 is 0.621 bits per heavy atom. The topological polar surface area (TPSA) is 308 Å². The average Bonchev–Trinajstić information content (AvgIpc) is 1.59. The number of rotatable bonds is 20. The van der Waals surface area contributed by atoms with E-state index in [-0.39, 0.29) is 112 Å². The zero-order chi connectivity index (χ0) is 102. The summed E-state index contributed by atoms with van der Waals surface area (Å²) in [5.74, 6) is -3.65. The lowest BCUT2D eigenvalue weighted by molar-refractivity contribution is -0.121. The molecule has 0 atom stereocenters. The smallest absolute Gasteiger partial charge is 0.408 e. The van der Waals surface area contributed by atoms with E-state index in [1.54, 1.807) is 201 Å². The number of phenolic OH excluding ortho intramolecular Hbond substituents is 1. The van der Waals surface area contributed by atoms with Gasteiger partial charge in [0.25, 0.3) is 23.6 Å². The van der Waals surface area contributed by atoms with Crippen LogP contribution in [0.4, 0.5) is 95.4 Å². The Balaban J connectivity index is 0.000000172. The van der Waals surface area contributed by atoms with Gasteiger partial charge in [-0.15, -0.1) is 0 Å². The van der Waals surface area contributed by atoms with Crippen LogP contribution in [0.25, 0.3) is 19.4 Å². The van der Waals surface area contributed by atoms with Gasteiger partial charge in [-0.25, -0.2) is 46.5 Å². The second-order valence-electron chi connectivity index (χ2n) is 39.6. The molecule has 0 bridgehead atoms. The predicted molar refractivity (Wildman–Crippen MR) is 549 cm³/mol. The van der Waals surface area contributed by atoms with E-state index in [0.29, 0.717) is 81.1 Å². The van der Waals surface area contributed by atoms with E-state index in [0.717, 1.165) is 66.8 Å². The van der Waals surface area contributed by atoms with E-state index in [1.165, 1.54) is 68.1 Å². The lowest BCUT2D eigenvalue weighted by atomic mass is 10.0. The Morgan fingerprint density at radius 1 is 0.386 bits per heavy atom. The van der Waals surface area contributed by atoms with Crippen LogP contribution < -0.4 is 75.5 Å². The molecule has 140 heavy (non-hydrogen) atoms. The number of ether oxygens (including phenoxy) is 5. The van der Waals surface area contributed by atoms with Crippen molar-refractivity contribution in [3.63, 3.8) is 0 Å². The third-order valence-electron chi connectivity index (χ3n) is 24.5. The lowest BCUT2D eigenvalue weighted by Crippen LogP contribution is -2.44. The number of anilines is 8. The first-order chi connectivity index (χ1) is 64.9. The minimum atomic E-state index is -1.08. The van der Waals surface area contributed by atoms with Gasteiger partial charge in [-0.3, -0.25) is 38.8 Å². The summed E-state index contributed by atoms with van der Waals surface area (Å²) in [5.41, 5.74) is 14.0. The molecule has 4 aliphatic heterocycles. The molecule has 8 N–H and O–H groups in total. The SMILES string of the molecule is C.CC(C)(C)OC(=O)NC1(CO)CC1.[C-]#[N+]c1ccc(N2C(=O)C(C)(C)N(c3ccc(O)c(F)c3)C2=S)cc1C.[C-]#[N+]c1ccc(N2C(=O)C(C)(C)N(c3ccc(OCC4(N)CC4)c(F)c3)C2=S)cc1C.[C-]#[N+]c1ccc(N2C(=O)C(C)(C)N(c3ccc(OCC4(N)CC4)c(F)c3)C2=S)cc1C.[C-]#[N+]c1ccc(N2C(=O)C(C)(C)N(c3ccc(OCC4(NC(=O)OC(C)(C)C)CC4)c(F)c3)C2=S)cc1C. The highest BCUT2D eigenvalue weighted by molar-refractivity contribution is 7.81. The standard InChI is InChI=1S/C28H31FN4O4S.2C23H23FN4O2S.C19H16FN3O2S.C9H17NO3.CH4/c1-17-14-18(8-10-21(17)30-7)32-23(34)27(5,6)33(25(32)38)19-9-11-22(20(29)15-19)36-16-28(12-13-28)31-24(35)37-26(2,3)4;2*1-14-11-15(5-7-18(14)26-4)27-20(29)22(2,3)28(21(27)31)16-6-8-19(17(24)12-16)30-13-23(25)9-10-23;1-11-9-12(5-7-15(11)21-4)22-17(25)19(2,3)23(18(22)26)13-6-8-16(24)14(20)10-13;1-8(2,3)13-7(12)10-9(6-11)4-5-9;/h8-11,14-15H,12-13,16H2,1-6H3,(H,31,35);2*5-8,11-12H,9-10,13,25H2,1-3H3;5-10,24H,1-3H3;11H,4-6H2,1-3H3,(H,10,12);1H4. The van der Waals surface area contributed by atoms with Gasteiger partial charge in [0.15, 0.2) is 89.5 Å². The third kappa shape index (κ3) is 23.0. The molecule has 8 aromatic rings. The number of aliphatic hydroxyl groups excluding tert-OH is 1. The summed E-state index contributed by atoms with van der Waals surface area (Å²) in [6.45, 7) is 61.3. The number of thiocarbonyl (C=S) groups is 4. The molecule has 4 saturated heterocycles. The van der Waals surface area contributed by atoms with E-state index < -0.39 is 80.1 Å². The Morgan fingerprint density at radius 3 is 0.836 bits per heavy atom. The Bertz CT molecular complexity index is 6340. The molecule has 37 heteroatoms. The normalized spacial score (nSPS) is 17.9. The quantitative estimate of drug-likeness (QED) is 0.0235. The van der Waals surface area contributed by atoms with Crippen molar-refractivity contribution < 1.29 is 80.2 Å². The first-order valence-electron chi connectivity index (χ1n) is 44.5. The van der Waals surface area contributed by atoms with Crippen LogP contribution in [0.3, 0.4) is 0 Å². The molecule has 4 aliphatic carbocycles. The maximum atomic E-state index is 15.2. The van der Waals surface area contributed by atoms with Crippen molar-refractivity contribution in [2.75, 3.05) is 65.6 Å². The maximum Gasteiger partial charge on any atom is 0.408 e. The number of aryl methyl sites for hydroxylation is 4. The number of phenols is 1. The van der Waals surface area contributed by atoms with Crippen molar-refractivity contribution in [1.82, 2.24) is 10.6 Å². The molecule has 0 radical (unpaired) electrons. The number of hydrogen-bond acceptors (Lipinski definition) is 19. The monoisotopic (exact) mass is 1990 g/mol. The van der Waals surface area contributed by atoms with Gasteiger partial charge in [0.2, 0.25) is 0 Å². The lowest BCUT2D eigenvalue weighted by Gasteiger charge is -2.29. The summed E-state index contributed by atoms with van der Waals surface area (Å²) in [6, 6.07) is 37.8. The van der Waals surface area contributed by atoms with E-state index in [1.807, 2.05) is 34.6 Å². The summed E-state index contributed by atoms with van der Waals surface area (Å²) < 4.78 is 85.8. The largest absolute Gasteiger partial charge is 0.505 e. The number of nitrogens with one attached hydrogen (secondary N) is 2. The van der Waals surface area contributed by atoms with Gasteiger partial charge < -0.3 is 75.6 Å². The van der Waals surface area contributed by atoms with Crippen LogP contribution in [-0.4, -0.2) is 148 Å². The molecule has 0 spiro atoms. The van der Waals surface area contributed by atoms with E-state index in [2.05, 4.69) is 30.0 Å². The Hall–Kier alpha value is -13.5. The molecule has 6 amide bonds. The zero-order valence-corrected chi connectivity index (χ0v) is 83.7. The van der Waals surface area contributed by atoms with Crippen molar-refractivity contribution in [3.05, 3.63) is 237 Å². The van der Waals surface area contributed by atoms with Crippen LogP contribution in [-0.2, 0) is 28.7 Å². The number of nitrogens with two attached hydrogens (primary N) is 2. The number of amides is 6. The van der Waals surface area contributed by atoms with Crippen molar-refractivity contribution in [3.8, 4) is 23.0 Å². The number of hydrogen-bond donors (Lipinski definition) is 6. The fraction of sp³-hybridized carbons (Fsp3) is 0.398. The minimum absolute atomic E-state index is 0. The molecule has 29 nitrogen and oxygen atoms in total. The number of alkyl carbamates (subject to hydrolysis) is 2. The molecular formula is C103H114F4N16O13S4. The second-order valence-corrected chi connectivity index (χ2v) is 41.1. The summed E-state index contributed by atoms with van der Waals surface area (Å²) in [6.07, 6.45) is 5.59. The third-order valence-corrected chi connectivity index (χ3v) is 25.9. The van der Waals surface area contributed by atoms with Crippen LogP contribution in [0.15, 0.2) is 146 Å². The number of carbonyl (C=O) groups excluding carboxylic acids is 6. The van der Waals surface area contributed by atoms with Gasteiger partial charge in [0.05, 0.1) is 55.1 Å².